The van der Waals surface area contributed by atoms with E-state index in [0.29, 0.717) is 18.0 Å². The largest absolute Gasteiger partial charge is 0.481 e. The van der Waals surface area contributed by atoms with Gasteiger partial charge in [0.25, 0.3) is 5.91 Å². The molecule has 3 rings (SSSR count). The average molecular weight is 374 g/mol. The van der Waals surface area contributed by atoms with E-state index in [1.165, 1.54) is 23.5 Å². The fourth-order valence-corrected chi connectivity index (χ4v) is 3.68. The van der Waals surface area contributed by atoms with Gasteiger partial charge in [-0.1, -0.05) is 29.5 Å². The average Bonchev–Trinajstić information content (AvgIpc) is 2.95. The topological polar surface area (TPSA) is 52.8 Å². The lowest BCUT2D eigenvalue weighted by Crippen LogP contribution is -2.21. The molecule has 5 nitrogen and oxygen atoms in total. The highest BCUT2D eigenvalue weighted by Crippen LogP contribution is 2.19. The molecule has 1 amide bonds. The Morgan fingerprint density at radius 2 is 2.08 bits per heavy atom. The second-order valence-electron chi connectivity index (χ2n) is 5.72. The quantitative estimate of drug-likeness (QED) is 0.665. The first-order valence-electron chi connectivity index (χ1n) is 8.12. The lowest BCUT2D eigenvalue weighted by Gasteiger charge is -2.05. The molecule has 0 fully saturated rings. The number of thiazole rings is 1. The first-order valence-corrected chi connectivity index (χ1v) is 8.94. The van der Waals surface area contributed by atoms with Crippen LogP contribution >= 0.6 is 11.3 Å². The molecule has 0 aliphatic rings. The number of aromatic nitrogens is 1. The summed E-state index contributed by atoms with van der Waals surface area (Å²) in [6.45, 7) is 2.79. The summed E-state index contributed by atoms with van der Waals surface area (Å²) in [4.78, 5) is 17.0. The molecule has 136 valence electrons. The van der Waals surface area contributed by atoms with Crippen molar-refractivity contribution in [2.24, 2.45) is 4.99 Å². The van der Waals surface area contributed by atoms with Crippen molar-refractivity contribution >= 4 is 27.5 Å². The molecule has 0 unspecified atom stereocenters. The van der Waals surface area contributed by atoms with Gasteiger partial charge in [0.1, 0.15) is 0 Å². The number of carbonyl (C=O) groups is 1. The first kappa shape index (κ1) is 18.3. The normalized spacial score (nSPS) is 11.9. The van der Waals surface area contributed by atoms with E-state index in [9.17, 15) is 9.18 Å². The van der Waals surface area contributed by atoms with Gasteiger partial charge in [0, 0.05) is 13.7 Å². The Morgan fingerprint density at radius 3 is 2.85 bits per heavy atom. The van der Waals surface area contributed by atoms with Gasteiger partial charge in [-0.2, -0.15) is 4.99 Å². The summed E-state index contributed by atoms with van der Waals surface area (Å²) < 4.78 is 27.0. The molecule has 1 heterocycles. The van der Waals surface area contributed by atoms with Crippen molar-refractivity contribution in [2.45, 2.75) is 13.5 Å². The van der Waals surface area contributed by atoms with Gasteiger partial charge in [-0.25, -0.2) is 4.39 Å². The number of ether oxygens (including phenoxy) is 2. The molecule has 0 spiro atoms. The summed E-state index contributed by atoms with van der Waals surface area (Å²) in [7, 11) is 1.63. The number of halogens is 1. The lowest BCUT2D eigenvalue weighted by molar-refractivity contribution is -0.120. The van der Waals surface area contributed by atoms with Crippen LogP contribution in [0.4, 0.5) is 4.39 Å². The third-order valence-corrected chi connectivity index (χ3v) is 4.81. The summed E-state index contributed by atoms with van der Waals surface area (Å²) in [5.74, 6) is -0.939. The van der Waals surface area contributed by atoms with Gasteiger partial charge in [0.15, 0.2) is 23.0 Å². The summed E-state index contributed by atoms with van der Waals surface area (Å²) in [6, 6.07) is 12.1. The van der Waals surface area contributed by atoms with Crippen molar-refractivity contribution < 1.29 is 18.7 Å². The monoisotopic (exact) mass is 374 g/mol. The Labute approximate surface area is 154 Å². The first-order chi connectivity index (χ1) is 12.6. The Morgan fingerprint density at radius 1 is 1.27 bits per heavy atom. The van der Waals surface area contributed by atoms with Crippen LogP contribution in [0.3, 0.4) is 0 Å². The fourth-order valence-electron chi connectivity index (χ4n) is 2.50. The molecule has 0 aliphatic carbocycles. The molecule has 0 radical (unpaired) electrons. The summed E-state index contributed by atoms with van der Waals surface area (Å²) in [5.41, 5.74) is 2.14. The fraction of sp³-hybridized carbons (Fsp3) is 0.263. The summed E-state index contributed by atoms with van der Waals surface area (Å²) in [6.07, 6.45) is 0. The molecule has 0 N–H and O–H groups in total. The summed E-state index contributed by atoms with van der Waals surface area (Å²) in [5, 5.41) is 0. The van der Waals surface area contributed by atoms with Crippen molar-refractivity contribution in [1.82, 2.24) is 4.57 Å². The molecule has 0 saturated heterocycles. The zero-order valence-corrected chi connectivity index (χ0v) is 15.4. The smallest absolute Gasteiger partial charge is 0.286 e. The van der Waals surface area contributed by atoms with Crippen LogP contribution in [0.1, 0.15) is 5.56 Å². The molecule has 26 heavy (non-hydrogen) atoms. The predicted molar refractivity (Wildman–Crippen MR) is 98.9 cm³/mol. The number of carbonyl (C=O) groups excluding carboxylic acids is 1. The van der Waals surface area contributed by atoms with Crippen molar-refractivity contribution in [3.8, 4) is 5.75 Å². The maximum Gasteiger partial charge on any atom is 0.286 e. The van der Waals surface area contributed by atoms with Crippen LogP contribution < -0.4 is 9.54 Å². The Balaban J connectivity index is 1.87. The second kappa shape index (κ2) is 8.25. The van der Waals surface area contributed by atoms with E-state index in [0.717, 1.165) is 15.8 Å². The lowest BCUT2D eigenvalue weighted by atomic mass is 10.2. The molecule has 1 aromatic heterocycles. The van der Waals surface area contributed by atoms with Crippen LogP contribution in [0, 0.1) is 12.7 Å². The maximum atomic E-state index is 13.6. The van der Waals surface area contributed by atoms with Crippen molar-refractivity contribution in [3.63, 3.8) is 0 Å². The van der Waals surface area contributed by atoms with E-state index in [4.69, 9.17) is 9.47 Å². The predicted octanol–water partition coefficient (Wildman–Crippen LogP) is 3.30. The number of hydrogen-bond donors (Lipinski definition) is 0. The van der Waals surface area contributed by atoms with E-state index < -0.39 is 11.7 Å². The van der Waals surface area contributed by atoms with Gasteiger partial charge in [0.2, 0.25) is 0 Å². The zero-order chi connectivity index (χ0) is 18.5. The van der Waals surface area contributed by atoms with Crippen LogP contribution in [-0.4, -0.2) is 30.8 Å². The number of nitrogens with zero attached hydrogens (tertiary/aromatic N) is 2. The van der Waals surface area contributed by atoms with Gasteiger partial charge < -0.3 is 14.0 Å². The molecule has 0 bridgehead atoms. The number of aryl methyl sites for hydroxylation is 1. The number of fused-ring (bicyclic) bond motifs is 1. The van der Waals surface area contributed by atoms with Gasteiger partial charge >= 0.3 is 0 Å². The SMILES string of the molecule is COCCn1c(=NC(=O)COc2ccccc2F)sc2cc(C)ccc21. The molecule has 0 saturated carbocycles. The highest BCUT2D eigenvalue weighted by atomic mass is 32.1. The van der Waals surface area contributed by atoms with Crippen LogP contribution in [0.15, 0.2) is 47.5 Å². The minimum absolute atomic E-state index is 0.0373. The van der Waals surface area contributed by atoms with E-state index in [2.05, 4.69) is 11.1 Å². The molecular formula is C19H19FN2O3S. The van der Waals surface area contributed by atoms with Gasteiger partial charge in [-0.05, 0) is 36.8 Å². The number of amides is 1. The van der Waals surface area contributed by atoms with Crippen molar-refractivity contribution in [3.05, 3.63) is 58.6 Å². The van der Waals surface area contributed by atoms with E-state index >= 15 is 0 Å². The summed E-state index contributed by atoms with van der Waals surface area (Å²) >= 11 is 1.43. The number of rotatable bonds is 6. The van der Waals surface area contributed by atoms with Crippen molar-refractivity contribution in [1.29, 1.82) is 0 Å². The van der Waals surface area contributed by atoms with Gasteiger partial charge in [-0.3, -0.25) is 4.79 Å². The number of benzene rings is 2. The third kappa shape index (κ3) is 4.17. The maximum absolute atomic E-state index is 13.6. The Kier molecular flexibility index (Phi) is 5.80. The van der Waals surface area contributed by atoms with E-state index in [1.54, 1.807) is 19.2 Å². The standard InChI is InChI=1S/C19H19FN2O3S/c1-13-7-8-15-17(11-13)26-19(22(15)9-10-24-2)21-18(23)12-25-16-6-4-3-5-14(16)20/h3-8,11H,9-10,12H2,1-2H3. The molecule has 0 atom stereocenters. The van der Waals surface area contributed by atoms with Crippen LogP contribution in [0.5, 0.6) is 5.75 Å². The van der Waals surface area contributed by atoms with Gasteiger partial charge in [-0.15, -0.1) is 0 Å². The molecule has 2 aromatic carbocycles. The minimum Gasteiger partial charge on any atom is -0.481 e. The van der Waals surface area contributed by atoms with Crippen LogP contribution in [0.2, 0.25) is 0 Å². The molecular weight excluding hydrogens is 355 g/mol. The van der Waals surface area contributed by atoms with Crippen LogP contribution in [-0.2, 0) is 16.1 Å². The molecule has 3 aromatic rings. The third-order valence-electron chi connectivity index (χ3n) is 3.77. The zero-order valence-electron chi connectivity index (χ0n) is 14.6. The van der Waals surface area contributed by atoms with Crippen LogP contribution in [0.25, 0.3) is 10.2 Å². The molecule has 7 heteroatoms. The Bertz CT molecular complexity index is 994. The number of para-hydroxylation sites is 1. The highest BCUT2D eigenvalue weighted by Gasteiger charge is 2.10. The van der Waals surface area contributed by atoms with Gasteiger partial charge in [0.05, 0.1) is 16.8 Å². The van der Waals surface area contributed by atoms with E-state index in [1.807, 2.05) is 23.6 Å². The number of hydrogen-bond acceptors (Lipinski definition) is 4. The second-order valence-corrected chi connectivity index (χ2v) is 6.73. The van der Waals surface area contributed by atoms with E-state index in [-0.39, 0.29) is 12.4 Å². The number of methoxy groups -OCH3 is 1. The van der Waals surface area contributed by atoms with Crippen molar-refractivity contribution in [2.75, 3.05) is 20.3 Å². The minimum atomic E-state index is -0.507. The Hall–Kier alpha value is -2.51. The molecule has 0 aliphatic heterocycles. The highest BCUT2D eigenvalue weighted by molar-refractivity contribution is 7.16.